The van der Waals surface area contributed by atoms with Crippen molar-refractivity contribution >= 4 is 0 Å². The second kappa shape index (κ2) is 7.26. The van der Waals surface area contributed by atoms with Gasteiger partial charge in [-0.2, -0.15) is 0 Å². The van der Waals surface area contributed by atoms with E-state index < -0.39 is 0 Å². The van der Waals surface area contributed by atoms with E-state index in [1.54, 1.807) is 0 Å². The summed E-state index contributed by atoms with van der Waals surface area (Å²) < 4.78 is 0. The fourth-order valence-electron chi connectivity index (χ4n) is 3.35. The van der Waals surface area contributed by atoms with Gasteiger partial charge >= 0.3 is 0 Å². The van der Waals surface area contributed by atoms with Gasteiger partial charge in [-0.05, 0) is 71.3 Å². The van der Waals surface area contributed by atoms with Crippen LogP contribution in [0.1, 0.15) is 74.1 Å². The lowest BCUT2D eigenvalue weighted by Gasteiger charge is -2.44. The Morgan fingerprint density at radius 1 is 1.10 bits per heavy atom. The van der Waals surface area contributed by atoms with Crippen LogP contribution in [-0.4, -0.2) is 36.1 Å². The molecule has 1 heterocycles. The molecule has 1 N–H and O–H groups in total. The van der Waals surface area contributed by atoms with Crippen LogP contribution in [0.15, 0.2) is 0 Å². The van der Waals surface area contributed by atoms with Gasteiger partial charge in [0.05, 0.1) is 0 Å². The van der Waals surface area contributed by atoms with Crippen LogP contribution < -0.4 is 5.32 Å². The molecular formula is C18H38N2. The highest BCUT2D eigenvalue weighted by Crippen LogP contribution is 2.31. The van der Waals surface area contributed by atoms with Crippen molar-refractivity contribution in [1.82, 2.24) is 10.2 Å². The summed E-state index contributed by atoms with van der Waals surface area (Å²) in [5.41, 5.74) is 0.653. The molecule has 0 aromatic rings. The molecule has 2 unspecified atom stereocenters. The smallest absolute Gasteiger partial charge is 0.00967 e. The van der Waals surface area contributed by atoms with Crippen molar-refractivity contribution in [2.45, 2.75) is 85.7 Å². The van der Waals surface area contributed by atoms with Crippen LogP contribution >= 0.6 is 0 Å². The zero-order valence-corrected chi connectivity index (χ0v) is 15.1. The van der Waals surface area contributed by atoms with Crippen molar-refractivity contribution in [2.75, 3.05) is 19.6 Å². The van der Waals surface area contributed by atoms with Crippen LogP contribution in [0.5, 0.6) is 0 Å². The molecule has 1 rings (SSSR count). The zero-order chi connectivity index (χ0) is 15.4. The summed E-state index contributed by atoms with van der Waals surface area (Å²) in [4.78, 5) is 2.75. The molecule has 1 fully saturated rings. The Kier molecular flexibility index (Phi) is 6.53. The first-order chi connectivity index (χ1) is 9.21. The molecule has 1 saturated heterocycles. The molecule has 20 heavy (non-hydrogen) atoms. The number of piperidine rings is 1. The first-order valence-electron chi connectivity index (χ1n) is 8.70. The molecule has 1 aliphatic heterocycles. The maximum absolute atomic E-state index is 3.75. The maximum atomic E-state index is 3.75. The van der Waals surface area contributed by atoms with E-state index in [1.165, 1.54) is 38.8 Å². The molecule has 0 amide bonds. The summed E-state index contributed by atoms with van der Waals surface area (Å²) in [6, 6.07) is 0.755. The van der Waals surface area contributed by atoms with Crippen LogP contribution in [0.25, 0.3) is 0 Å². The predicted molar refractivity (Wildman–Crippen MR) is 90.2 cm³/mol. The van der Waals surface area contributed by atoms with Crippen LogP contribution in [0.4, 0.5) is 0 Å². The van der Waals surface area contributed by atoms with E-state index in [2.05, 4.69) is 58.7 Å². The van der Waals surface area contributed by atoms with E-state index >= 15 is 0 Å². The monoisotopic (exact) mass is 282 g/mol. The molecule has 120 valence electrons. The molecule has 0 aliphatic carbocycles. The summed E-state index contributed by atoms with van der Waals surface area (Å²) in [5, 5.41) is 3.75. The third-order valence-corrected chi connectivity index (χ3v) is 5.31. The average Bonchev–Trinajstić information content (AvgIpc) is 2.36. The second-order valence-corrected chi connectivity index (χ2v) is 8.26. The topological polar surface area (TPSA) is 15.3 Å². The fourth-order valence-corrected chi connectivity index (χ4v) is 3.35. The van der Waals surface area contributed by atoms with Crippen molar-refractivity contribution in [3.8, 4) is 0 Å². The number of hydrogen-bond acceptors (Lipinski definition) is 2. The average molecular weight is 283 g/mol. The molecule has 0 spiro atoms. The Morgan fingerprint density at radius 2 is 1.70 bits per heavy atom. The van der Waals surface area contributed by atoms with Gasteiger partial charge in [-0.15, -0.1) is 0 Å². The van der Waals surface area contributed by atoms with Crippen molar-refractivity contribution in [2.24, 2.45) is 11.3 Å². The standard InChI is InChI=1S/C18H38N2/c1-8-18(9-2,13-19-17(5,6)7)14-20-11-10-15(3)12-16(20)4/h15-16,19H,8-14H2,1-7H3. The van der Waals surface area contributed by atoms with E-state index in [9.17, 15) is 0 Å². The zero-order valence-electron chi connectivity index (χ0n) is 15.1. The lowest BCUT2D eigenvalue weighted by Crippen LogP contribution is -2.51. The first-order valence-corrected chi connectivity index (χ1v) is 8.70. The van der Waals surface area contributed by atoms with Crippen LogP contribution in [0, 0.1) is 11.3 Å². The Labute approximate surface area is 127 Å². The molecule has 0 aromatic carbocycles. The number of rotatable bonds is 6. The number of likely N-dealkylation sites (tertiary alicyclic amines) is 1. The molecule has 2 heteroatoms. The Bertz CT molecular complexity index is 276. The Morgan fingerprint density at radius 3 is 2.15 bits per heavy atom. The van der Waals surface area contributed by atoms with E-state index in [0.717, 1.165) is 18.5 Å². The van der Waals surface area contributed by atoms with Gasteiger partial charge in [0.1, 0.15) is 0 Å². The summed E-state index contributed by atoms with van der Waals surface area (Å²) in [6.07, 6.45) is 5.29. The van der Waals surface area contributed by atoms with Gasteiger partial charge in [-0.3, -0.25) is 0 Å². The van der Waals surface area contributed by atoms with Gasteiger partial charge in [-0.1, -0.05) is 20.8 Å². The molecule has 0 radical (unpaired) electrons. The van der Waals surface area contributed by atoms with Crippen molar-refractivity contribution in [3.63, 3.8) is 0 Å². The summed E-state index contributed by atoms with van der Waals surface area (Å²) in [5.74, 6) is 0.909. The number of hydrogen-bond donors (Lipinski definition) is 1. The van der Waals surface area contributed by atoms with E-state index in [-0.39, 0.29) is 5.54 Å². The normalized spacial score (nSPS) is 25.9. The second-order valence-electron chi connectivity index (χ2n) is 8.26. The molecule has 2 atom stereocenters. The SMILES string of the molecule is CCC(CC)(CNC(C)(C)C)CN1CCC(C)CC1C. The van der Waals surface area contributed by atoms with Gasteiger partial charge in [0.15, 0.2) is 0 Å². The van der Waals surface area contributed by atoms with Gasteiger partial charge in [0, 0.05) is 24.7 Å². The lowest BCUT2D eigenvalue weighted by atomic mass is 9.79. The van der Waals surface area contributed by atoms with Gasteiger partial charge in [0.25, 0.3) is 0 Å². The Balaban J connectivity index is 2.65. The minimum Gasteiger partial charge on any atom is -0.311 e. The van der Waals surface area contributed by atoms with Crippen molar-refractivity contribution < 1.29 is 0 Å². The largest absolute Gasteiger partial charge is 0.311 e. The highest BCUT2D eigenvalue weighted by atomic mass is 15.2. The minimum absolute atomic E-state index is 0.220. The fraction of sp³-hybridized carbons (Fsp3) is 1.00. The Hall–Kier alpha value is -0.0800. The number of nitrogens with zero attached hydrogens (tertiary/aromatic N) is 1. The molecule has 0 saturated carbocycles. The van der Waals surface area contributed by atoms with Crippen molar-refractivity contribution in [1.29, 1.82) is 0 Å². The van der Waals surface area contributed by atoms with E-state index in [4.69, 9.17) is 0 Å². The van der Waals surface area contributed by atoms with Crippen LogP contribution in [0.3, 0.4) is 0 Å². The highest BCUT2D eigenvalue weighted by molar-refractivity contribution is 4.88. The van der Waals surface area contributed by atoms with E-state index in [0.29, 0.717) is 5.41 Å². The first kappa shape index (κ1) is 18.0. The highest BCUT2D eigenvalue weighted by Gasteiger charge is 2.33. The molecular weight excluding hydrogens is 244 g/mol. The minimum atomic E-state index is 0.220. The summed E-state index contributed by atoms with van der Waals surface area (Å²) in [6.45, 7) is 20.1. The number of nitrogens with one attached hydrogen (secondary N) is 1. The molecule has 2 nitrogen and oxygen atoms in total. The molecule has 0 bridgehead atoms. The summed E-state index contributed by atoms with van der Waals surface area (Å²) >= 11 is 0. The van der Waals surface area contributed by atoms with E-state index in [1.807, 2.05) is 0 Å². The van der Waals surface area contributed by atoms with Crippen molar-refractivity contribution in [3.05, 3.63) is 0 Å². The lowest BCUT2D eigenvalue weighted by molar-refractivity contribution is 0.0611. The van der Waals surface area contributed by atoms with Gasteiger partial charge < -0.3 is 10.2 Å². The molecule has 0 aromatic heterocycles. The van der Waals surface area contributed by atoms with Crippen LogP contribution in [-0.2, 0) is 0 Å². The molecule has 1 aliphatic rings. The predicted octanol–water partition coefficient (Wildman–Crippen LogP) is 4.30. The quantitative estimate of drug-likeness (QED) is 0.781. The van der Waals surface area contributed by atoms with Crippen LogP contribution in [0.2, 0.25) is 0 Å². The summed E-state index contributed by atoms with van der Waals surface area (Å²) in [7, 11) is 0. The van der Waals surface area contributed by atoms with Gasteiger partial charge in [0.2, 0.25) is 0 Å². The third-order valence-electron chi connectivity index (χ3n) is 5.31. The third kappa shape index (κ3) is 5.37. The maximum Gasteiger partial charge on any atom is 0.00967 e. The van der Waals surface area contributed by atoms with Gasteiger partial charge in [-0.25, -0.2) is 0 Å².